The van der Waals surface area contributed by atoms with Crippen molar-refractivity contribution in [2.75, 3.05) is 0 Å². The lowest BCUT2D eigenvalue weighted by molar-refractivity contribution is -0.292. The molecule has 0 spiro atoms. The Morgan fingerprint density at radius 1 is 1.09 bits per heavy atom. The van der Waals surface area contributed by atoms with Gasteiger partial charge in [-0.1, -0.05) is 17.7 Å². The molecular weight excluding hydrogens is 510 g/mol. The third-order valence-corrected chi connectivity index (χ3v) is 5.98. The molecule has 1 aromatic carbocycles. The summed E-state index contributed by atoms with van der Waals surface area (Å²) in [6.45, 7) is 1.90. The number of halogens is 9. The number of hydrogen-bond donors (Lipinski definition) is 2. The zero-order valence-corrected chi connectivity index (χ0v) is 18.9. The van der Waals surface area contributed by atoms with E-state index in [0.29, 0.717) is 26.9 Å². The topological polar surface area (TPSA) is 58.5 Å². The summed E-state index contributed by atoms with van der Waals surface area (Å²) in [6, 6.07) is 6.18. The van der Waals surface area contributed by atoms with E-state index in [-0.39, 0.29) is 11.7 Å². The Kier molecular flexibility index (Phi) is 6.15. The van der Waals surface area contributed by atoms with Crippen molar-refractivity contribution in [2.45, 2.75) is 50.1 Å². The van der Waals surface area contributed by atoms with Gasteiger partial charge in [0, 0.05) is 29.7 Å². The first-order valence-electron chi connectivity index (χ1n) is 10.3. The smallest absolute Gasteiger partial charge is 0.307 e. The largest absolute Gasteiger partial charge is 0.459 e. The van der Waals surface area contributed by atoms with Crippen molar-refractivity contribution in [1.82, 2.24) is 25.3 Å². The zero-order valence-electron chi connectivity index (χ0n) is 18.1. The lowest BCUT2D eigenvalue weighted by Gasteiger charge is -2.19. The number of aromatic nitrogens is 4. The summed E-state index contributed by atoms with van der Waals surface area (Å²) in [4.78, 5) is 0. The molecule has 1 atom stereocenters. The molecule has 190 valence electrons. The molecule has 4 rings (SSSR count). The normalized spacial score (nSPS) is 16.1. The molecule has 1 aliphatic carbocycles. The summed E-state index contributed by atoms with van der Waals surface area (Å²) in [5.74, 6) is -5.83. The average Bonchev–Trinajstić information content (AvgIpc) is 3.27. The number of H-pyrrole nitrogens is 1. The van der Waals surface area contributed by atoms with Gasteiger partial charge in [-0.15, -0.1) is 0 Å². The maximum absolute atomic E-state index is 13.9. The fraction of sp³-hybridized carbons (Fsp3) is 0.429. The van der Waals surface area contributed by atoms with Gasteiger partial charge in [0.05, 0.1) is 17.1 Å². The quantitative estimate of drug-likeness (QED) is 0.354. The van der Waals surface area contributed by atoms with Crippen LogP contribution in [0.4, 0.5) is 35.1 Å². The van der Waals surface area contributed by atoms with Crippen LogP contribution < -0.4 is 5.32 Å². The second kappa shape index (κ2) is 8.47. The molecule has 0 bridgehead atoms. The van der Waals surface area contributed by atoms with Crippen LogP contribution in [0.1, 0.15) is 42.6 Å². The highest BCUT2D eigenvalue weighted by Gasteiger charge is 2.64. The van der Waals surface area contributed by atoms with E-state index in [4.69, 9.17) is 11.6 Å². The van der Waals surface area contributed by atoms with Crippen LogP contribution in [0.5, 0.6) is 0 Å². The van der Waals surface area contributed by atoms with Gasteiger partial charge >= 0.3 is 18.3 Å². The van der Waals surface area contributed by atoms with Gasteiger partial charge in [-0.3, -0.25) is 9.78 Å². The lowest BCUT2D eigenvalue weighted by Crippen LogP contribution is -2.36. The van der Waals surface area contributed by atoms with E-state index >= 15 is 0 Å². The van der Waals surface area contributed by atoms with Crippen LogP contribution in [-0.4, -0.2) is 32.2 Å². The van der Waals surface area contributed by atoms with Crippen LogP contribution in [0.15, 0.2) is 24.3 Å². The number of hydrogen-bond acceptors (Lipinski definition) is 3. The van der Waals surface area contributed by atoms with E-state index in [0.717, 1.165) is 26.0 Å². The number of rotatable bonds is 6. The Bertz CT molecular complexity index is 1240. The van der Waals surface area contributed by atoms with E-state index in [1.165, 1.54) is 0 Å². The summed E-state index contributed by atoms with van der Waals surface area (Å²) < 4.78 is 108. The first-order chi connectivity index (χ1) is 16.1. The SMILES string of the molecule is CC(NC1CC1)c1cc(-c2cc(-c3c(C(F)(F)F)c(C(F)(F)C(F)(F)F)nn3C)[nH]n2)ccc1Cl. The van der Waals surface area contributed by atoms with Crippen molar-refractivity contribution >= 4 is 11.6 Å². The minimum Gasteiger partial charge on any atom is -0.307 e. The predicted octanol–water partition coefficient (Wildman–Crippen LogP) is 6.62. The summed E-state index contributed by atoms with van der Waals surface area (Å²) >= 11 is 6.29. The standard InChI is InChI=1S/C21H18ClF8N5/c1-9(31-11-4-5-11)12-7-10(3-6-13(12)22)14-8-15(33-32-14)17-16(20(25,26)27)18(34-35(17)2)19(23,24)21(28,29)30/h3,6-9,11,31H,4-5H2,1-2H3,(H,32,33). The zero-order chi connectivity index (χ0) is 25.9. The van der Waals surface area contributed by atoms with E-state index in [1.807, 2.05) is 6.92 Å². The molecule has 2 heterocycles. The Morgan fingerprint density at radius 3 is 2.31 bits per heavy atom. The fourth-order valence-electron chi connectivity index (χ4n) is 3.77. The number of nitrogens with zero attached hydrogens (tertiary/aromatic N) is 3. The molecule has 1 saturated carbocycles. The van der Waals surface area contributed by atoms with Crippen LogP contribution >= 0.6 is 11.6 Å². The van der Waals surface area contributed by atoms with E-state index in [2.05, 4.69) is 20.6 Å². The van der Waals surface area contributed by atoms with Gasteiger partial charge in [-0.2, -0.15) is 45.3 Å². The monoisotopic (exact) mass is 527 g/mol. The molecule has 5 nitrogen and oxygen atoms in total. The summed E-state index contributed by atoms with van der Waals surface area (Å²) in [6.07, 6.45) is -9.77. The minimum absolute atomic E-state index is 0.130. The maximum Gasteiger partial charge on any atom is 0.459 e. The molecule has 2 N–H and O–H groups in total. The Labute approximate surface area is 198 Å². The highest BCUT2D eigenvalue weighted by atomic mass is 35.5. The molecule has 0 aliphatic heterocycles. The van der Waals surface area contributed by atoms with E-state index in [1.54, 1.807) is 18.2 Å². The van der Waals surface area contributed by atoms with Crippen molar-refractivity contribution in [3.8, 4) is 22.6 Å². The molecule has 0 radical (unpaired) electrons. The van der Waals surface area contributed by atoms with Crippen LogP contribution in [0.2, 0.25) is 5.02 Å². The Morgan fingerprint density at radius 2 is 1.74 bits per heavy atom. The molecule has 0 saturated heterocycles. The lowest BCUT2D eigenvalue weighted by atomic mass is 10.0. The van der Waals surface area contributed by atoms with Crippen molar-refractivity contribution in [1.29, 1.82) is 0 Å². The number of alkyl halides is 8. The van der Waals surface area contributed by atoms with E-state index < -0.39 is 40.9 Å². The van der Waals surface area contributed by atoms with Crippen LogP contribution in [0.25, 0.3) is 22.6 Å². The van der Waals surface area contributed by atoms with Crippen LogP contribution in [-0.2, 0) is 19.1 Å². The van der Waals surface area contributed by atoms with Crippen LogP contribution in [0, 0.1) is 0 Å². The van der Waals surface area contributed by atoms with Crippen molar-refractivity contribution in [3.63, 3.8) is 0 Å². The number of benzene rings is 1. The molecule has 1 aliphatic rings. The Balaban J connectivity index is 1.78. The van der Waals surface area contributed by atoms with Gasteiger partial charge in [-0.25, -0.2) is 0 Å². The third-order valence-electron chi connectivity index (χ3n) is 5.64. The predicted molar refractivity (Wildman–Crippen MR) is 111 cm³/mol. The highest BCUT2D eigenvalue weighted by Crippen LogP contribution is 2.50. The number of aryl methyl sites for hydroxylation is 1. The molecule has 1 fully saturated rings. The van der Waals surface area contributed by atoms with Gasteiger partial charge in [0.15, 0.2) is 5.69 Å². The van der Waals surface area contributed by atoms with Crippen molar-refractivity contribution < 1.29 is 35.1 Å². The minimum atomic E-state index is -6.28. The number of aromatic amines is 1. The summed E-state index contributed by atoms with van der Waals surface area (Å²) in [7, 11) is 0.840. The van der Waals surface area contributed by atoms with Crippen molar-refractivity contribution in [2.24, 2.45) is 7.05 Å². The molecule has 1 unspecified atom stereocenters. The second-order valence-corrected chi connectivity index (χ2v) is 8.74. The van der Waals surface area contributed by atoms with Gasteiger partial charge in [0.25, 0.3) is 0 Å². The van der Waals surface area contributed by atoms with E-state index in [9.17, 15) is 35.1 Å². The first-order valence-corrected chi connectivity index (χ1v) is 10.7. The molecule has 3 aromatic rings. The molecule has 0 amide bonds. The third kappa shape index (κ3) is 4.75. The summed E-state index contributed by atoms with van der Waals surface area (Å²) in [5, 5.41) is 13.0. The first kappa shape index (κ1) is 25.4. The maximum atomic E-state index is 13.9. The van der Waals surface area contributed by atoms with Gasteiger partial charge in [-0.05, 0) is 43.5 Å². The molecule has 35 heavy (non-hydrogen) atoms. The average molecular weight is 528 g/mol. The van der Waals surface area contributed by atoms with Crippen LogP contribution in [0.3, 0.4) is 0 Å². The second-order valence-electron chi connectivity index (χ2n) is 8.33. The van der Waals surface area contributed by atoms with Crippen molar-refractivity contribution in [3.05, 3.63) is 46.1 Å². The van der Waals surface area contributed by atoms with Gasteiger partial charge in [0.1, 0.15) is 5.56 Å². The Hall–Kier alpha value is -2.67. The fourth-order valence-corrected chi connectivity index (χ4v) is 4.06. The molecular formula is C21H18ClF8N5. The molecule has 14 heteroatoms. The molecule has 2 aromatic heterocycles. The van der Waals surface area contributed by atoms with Gasteiger partial charge in [0.2, 0.25) is 0 Å². The highest BCUT2D eigenvalue weighted by molar-refractivity contribution is 6.31. The van der Waals surface area contributed by atoms with Gasteiger partial charge < -0.3 is 5.32 Å². The number of nitrogens with one attached hydrogen (secondary N) is 2. The summed E-state index contributed by atoms with van der Waals surface area (Å²) in [5.41, 5.74) is -4.77.